The standard InChI is InChI=1S/C11H15N3O3S/c1-18-7-11(15)13-8-2-4-9(5-3-8)17-6-10(12)14-16/h2-5,16H,6-7H2,1H3,(H2,12,14)(H,13,15). The molecule has 1 amide bonds. The summed E-state index contributed by atoms with van der Waals surface area (Å²) >= 11 is 1.46. The first-order valence-electron chi connectivity index (χ1n) is 5.13. The third-order valence-electron chi connectivity index (χ3n) is 1.93. The van der Waals surface area contributed by atoms with E-state index >= 15 is 0 Å². The van der Waals surface area contributed by atoms with E-state index in [0.29, 0.717) is 17.2 Å². The molecule has 1 aromatic carbocycles. The van der Waals surface area contributed by atoms with E-state index in [-0.39, 0.29) is 18.3 Å². The van der Waals surface area contributed by atoms with Crippen molar-refractivity contribution in [1.29, 1.82) is 0 Å². The van der Waals surface area contributed by atoms with Gasteiger partial charge in [0.2, 0.25) is 5.91 Å². The van der Waals surface area contributed by atoms with Gasteiger partial charge in [0.25, 0.3) is 0 Å². The highest BCUT2D eigenvalue weighted by atomic mass is 32.2. The second-order valence-electron chi connectivity index (χ2n) is 3.39. The quantitative estimate of drug-likeness (QED) is 0.311. The topological polar surface area (TPSA) is 96.9 Å². The van der Waals surface area contributed by atoms with Crippen LogP contribution < -0.4 is 15.8 Å². The molecule has 1 rings (SSSR count). The summed E-state index contributed by atoms with van der Waals surface area (Å²) in [4.78, 5) is 11.3. The van der Waals surface area contributed by atoms with E-state index in [1.807, 2.05) is 6.26 Å². The Bertz CT molecular complexity index is 420. The highest BCUT2D eigenvalue weighted by Crippen LogP contribution is 2.15. The van der Waals surface area contributed by atoms with Crippen molar-refractivity contribution in [2.45, 2.75) is 0 Å². The smallest absolute Gasteiger partial charge is 0.234 e. The molecule has 4 N–H and O–H groups in total. The van der Waals surface area contributed by atoms with Crippen LogP contribution in [-0.4, -0.2) is 35.6 Å². The number of carbonyl (C=O) groups is 1. The Morgan fingerprint density at radius 1 is 1.50 bits per heavy atom. The molecule has 6 nitrogen and oxygen atoms in total. The van der Waals surface area contributed by atoms with Crippen LogP contribution in [0.25, 0.3) is 0 Å². The van der Waals surface area contributed by atoms with E-state index in [4.69, 9.17) is 15.7 Å². The minimum Gasteiger partial charge on any atom is -0.486 e. The Morgan fingerprint density at radius 2 is 2.17 bits per heavy atom. The highest BCUT2D eigenvalue weighted by Gasteiger charge is 2.01. The number of anilines is 1. The van der Waals surface area contributed by atoms with Gasteiger partial charge in [-0.25, -0.2) is 0 Å². The van der Waals surface area contributed by atoms with Gasteiger partial charge >= 0.3 is 0 Å². The molecule has 0 aliphatic heterocycles. The molecule has 0 unspecified atom stereocenters. The van der Waals surface area contributed by atoms with Gasteiger partial charge < -0.3 is 21.0 Å². The highest BCUT2D eigenvalue weighted by molar-refractivity contribution is 7.99. The first-order valence-corrected chi connectivity index (χ1v) is 6.53. The zero-order chi connectivity index (χ0) is 13.4. The normalized spacial score (nSPS) is 11.1. The van der Waals surface area contributed by atoms with Crippen LogP contribution in [0.15, 0.2) is 29.4 Å². The summed E-state index contributed by atoms with van der Waals surface area (Å²) in [7, 11) is 0. The van der Waals surface area contributed by atoms with E-state index in [1.54, 1.807) is 24.3 Å². The van der Waals surface area contributed by atoms with Gasteiger partial charge in [-0.2, -0.15) is 11.8 Å². The van der Waals surface area contributed by atoms with Crippen LogP contribution >= 0.6 is 11.8 Å². The second kappa shape index (κ2) is 7.44. The molecule has 0 saturated heterocycles. The molecular formula is C11H15N3O3S. The van der Waals surface area contributed by atoms with E-state index in [9.17, 15) is 4.79 Å². The maximum atomic E-state index is 11.3. The maximum absolute atomic E-state index is 11.3. The van der Waals surface area contributed by atoms with Crippen molar-refractivity contribution in [3.05, 3.63) is 24.3 Å². The van der Waals surface area contributed by atoms with Crippen LogP contribution in [0.2, 0.25) is 0 Å². The molecule has 0 bridgehead atoms. The van der Waals surface area contributed by atoms with E-state index in [0.717, 1.165) is 0 Å². The number of carbonyl (C=O) groups excluding carboxylic acids is 1. The van der Waals surface area contributed by atoms with Crippen LogP contribution in [0.1, 0.15) is 0 Å². The molecule has 0 heterocycles. The first-order chi connectivity index (χ1) is 8.65. The largest absolute Gasteiger partial charge is 0.486 e. The fourth-order valence-corrected chi connectivity index (χ4v) is 1.48. The fraction of sp³-hybridized carbons (Fsp3) is 0.273. The Balaban J connectivity index is 2.49. The lowest BCUT2D eigenvalue weighted by atomic mass is 10.3. The van der Waals surface area contributed by atoms with Crippen LogP contribution in [0.5, 0.6) is 5.75 Å². The van der Waals surface area contributed by atoms with Crippen molar-refractivity contribution < 1.29 is 14.7 Å². The van der Waals surface area contributed by atoms with Crippen LogP contribution in [0.3, 0.4) is 0 Å². The monoisotopic (exact) mass is 269 g/mol. The van der Waals surface area contributed by atoms with Crippen molar-refractivity contribution >= 4 is 29.2 Å². The molecule has 98 valence electrons. The van der Waals surface area contributed by atoms with Gasteiger partial charge in [0.05, 0.1) is 5.75 Å². The van der Waals surface area contributed by atoms with Crippen molar-refractivity contribution in [3.8, 4) is 5.75 Å². The summed E-state index contributed by atoms with van der Waals surface area (Å²) in [5, 5.41) is 13.9. The molecule has 0 spiro atoms. The summed E-state index contributed by atoms with van der Waals surface area (Å²) in [6, 6.07) is 6.83. The minimum absolute atomic E-state index is 0.00708. The molecule has 1 aromatic rings. The Hall–Kier alpha value is -1.89. The van der Waals surface area contributed by atoms with Crippen molar-refractivity contribution in [3.63, 3.8) is 0 Å². The van der Waals surface area contributed by atoms with E-state index in [2.05, 4.69) is 10.5 Å². The third kappa shape index (κ3) is 4.96. The van der Waals surface area contributed by atoms with Gasteiger partial charge in [-0.1, -0.05) is 5.16 Å². The lowest BCUT2D eigenvalue weighted by molar-refractivity contribution is -0.113. The van der Waals surface area contributed by atoms with E-state index in [1.165, 1.54) is 11.8 Å². The molecule has 0 aliphatic carbocycles. The number of amides is 1. The average Bonchev–Trinajstić information content (AvgIpc) is 2.37. The van der Waals surface area contributed by atoms with Gasteiger partial charge in [0, 0.05) is 5.69 Å². The molecule has 0 saturated carbocycles. The molecule has 0 radical (unpaired) electrons. The lowest BCUT2D eigenvalue weighted by Crippen LogP contribution is -2.20. The number of hydrogen-bond acceptors (Lipinski definition) is 5. The summed E-state index contributed by atoms with van der Waals surface area (Å²) in [6.45, 7) is 0.00861. The predicted octanol–water partition coefficient (Wildman–Crippen LogP) is 1.11. The van der Waals surface area contributed by atoms with Gasteiger partial charge in [-0.3, -0.25) is 4.79 Å². The molecule has 0 aromatic heterocycles. The van der Waals surface area contributed by atoms with Crippen molar-refractivity contribution in [2.75, 3.05) is 23.9 Å². The Kier molecular flexibility index (Phi) is 5.86. The SMILES string of the molecule is CSCC(=O)Nc1ccc(OCC(N)=NO)cc1. The summed E-state index contributed by atoms with van der Waals surface area (Å²) in [5.74, 6) is 0.937. The van der Waals surface area contributed by atoms with Gasteiger partial charge in [0.1, 0.15) is 12.4 Å². The number of nitrogens with one attached hydrogen (secondary N) is 1. The number of oxime groups is 1. The maximum Gasteiger partial charge on any atom is 0.234 e. The van der Waals surface area contributed by atoms with Crippen molar-refractivity contribution in [2.24, 2.45) is 10.9 Å². The number of nitrogens with two attached hydrogens (primary N) is 1. The lowest BCUT2D eigenvalue weighted by Gasteiger charge is -2.07. The van der Waals surface area contributed by atoms with Gasteiger partial charge in [-0.05, 0) is 30.5 Å². The summed E-state index contributed by atoms with van der Waals surface area (Å²) < 4.78 is 5.23. The third-order valence-corrected chi connectivity index (χ3v) is 2.48. The summed E-state index contributed by atoms with van der Waals surface area (Å²) in [6.07, 6.45) is 1.86. The fourth-order valence-electron chi connectivity index (χ4n) is 1.15. The molecule has 0 fully saturated rings. The van der Waals surface area contributed by atoms with Crippen LogP contribution in [-0.2, 0) is 4.79 Å². The summed E-state index contributed by atoms with van der Waals surface area (Å²) in [5.41, 5.74) is 5.96. The Labute approximate surface area is 109 Å². The molecular weight excluding hydrogens is 254 g/mol. The van der Waals surface area contributed by atoms with Gasteiger partial charge in [-0.15, -0.1) is 0 Å². The number of rotatable bonds is 6. The molecule has 7 heteroatoms. The van der Waals surface area contributed by atoms with Crippen LogP contribution in [0.4, 0.5) is 5.69 Å². The minimum atomic E-state index is -0.0483. The number of benzene rings is 1. The molecule has 0 aliphatic rings. The molecule has 18 heavy (non-hydrogen) atoms. The van der Waals surface area contributed by atoms with Gasteiger partial charge in [0.15, 0.2) is 5.84 Å². The number of amidine groups is 1. The number of thioether (sulfide) groups is 1. The zero-order valence-corrected chi connectivity index (χ0v) is 10.7. The number of hydrogen-bond donors (Lipinski definition) is 3. The number of nitrogens with zero attached hydrogens (tertiary/aromatic N) is 1. The van der Waals surface area contributed by atoms with Crippen LogP contribution in [0, 0.1) is 0 Å². The Morgan fingerprint density at radius 3 is 2.72 bits per heavy atom. The van der Waals surface area contributed by atoms with E-state index < -0.39 is 0 Å². The second-order valence-corrected chi connectivity index (χ2v) is 4.25. The molecule has 0 atom stereocenters. The zero-order valence-electron chi connectivity index (χ0n) is 9.92. The predicted molar refractivity (Wildman–Crippen MR) is 72.4 cm³/mol. The average molecular weight is 269 g/mol. The number of ether oxygens (including phenoxy) is 1. The first kappa shape index (κ1) is 14.2. The van der Waals surface area contributed by atoms with Crippen molar-refractivity contribution in [1.82, 2.24) is 0 Å².